The lowest BCUT2D eigenvalue weighted by atomic mass is 9.81. The van der Waals surface area contributed by atoms with Gasteiger partial charge in [-0.2, -0.15) is 4.98 Å². The van der Waals surface area contributed by atoms with Crippen LogP contribution in [0.5, 0.6) is 11.6 Å². The van der Waals surface area contributed by atoms with Crippen molar-refractivity contribution in [3.05, 3.63) is 134 Å². The third kappa shape index (κ3) is 3.30. The van der Waals surface area contributed by atoms with Crippen LogP contribution in [0.2, 0.25) is 5.02 Å². The van der Waals surface area contributed by atoms with E-state index in [4.69, 9.17) is 21.3 Å². The van der Waals surface area contributed by atoms with Gasteiger partial charge in [-0.3, -0.25) is 9.36 Å². The minimum atomic E-state index is -0.402. The van der Waals surface area contributed by atoms with Crippen molar-refractivity contribution in [1.82, 2.24) is 9.55 Å². The second-order valence-electron chi connectivity index (χ2n) is 8.51. The molecule has 4 nitrogen and oxygen atoms in total. The molecule has 166 valence electrons. The maximum absolute atomic E-state index is 14.1. The molecule has 2 heterocycles. The van der Waals surface area contributed by atoms with Gasteiger partial charge < -0.3 is 4.74 Å². The van der Waals surface area contributed by atoms with Gasteiger partial charge in [0.05, 0.1) is 18.0 Å². The van der Waals surface area contributed by atoms with Crippen LogP contribution < -0.4 is 10.3 Å². The first-order valence-corrected chi connectivity index (χ1v) is 11.6. The normalized spacial score (nSPS) is 14.4. The molecule has 0 spiro atoms. The molecule has 1 aliphatic rings. The van der Waals surface area contributed by atoms with Crippen LogP contribution in [0.25, 0.3) is 10.8 Å². The van der Waals surface area contributed by atoms with Gasteiger partial charge in [0.15, 0.2) is 0 Å². The van der Waals surface area contributed by atoms with Crippen LogP contribution in [0.4, 0.5) is 0 Å². The summed E-state index contributed by atoms with van der Waals surface area (Å²) in [6, 6.07) is 29.8. The molecule has 1 atom stereocenters. The van der Waals surface area contributed by atoms with E-state index in [1.807, 2.05) is 85.8 Å². The van der Waals surface area contributed by atoms with E-state index in [-0.39, 0.29) is 5.56 Å². The maximum Gasteiger partial charge on any atom is 0.261 e. The van der Waals surface area contributed by atoms with E-state index in [0.29, 0.717) is 34.6 Å². The molecule has 5 aromatic rings. The van der Waals surface area contributed by atoms with Crippen molar-refractivity contribution in [3.8, 4) is 11.6 Å². The molecule has 0 saturated heterocycles. The van der Waals surface area contributed by atoms with Crippen molar-refractivity contribution in [2.24, 2.45) is 0 Å². The lowest BCUT2D eigenvalue weighted by Crippen LogP contribution is -2.32. The van der Waals surface area contributed by atoms with E-state index >= 15 is 0 Å². The highest BCUT2D eigenvalue weighted by molar-refractivity contribution is 6.31. The van der Waals surface area contributed by atoms with E-state index in [0.717, 1.165) is 27.5 Å². The average Bonchev–Trinajstić information content (AvgIpc) is 2.86. The Morgan fingerprint density at radius 3 is 2.44 bits per heavy atom. The number of rotatable bonds is 3. The number of aromatic nitrogens is 2. The molecule has 0 bridgehead atoms. The fourth-order valence-electron chi connectivity index (χ4n) is 4.86. The summed E-state index contributed by atoms with van der Waals surface area (Å²) in [4.78, 5) is 18.8. The largest absolute Gasteiger partial charge is 0.438 e. The summed E-state index contributed by atoms with van der Waals surface area (Å²) < 4.78 is 8.00. The lowest BCUT2D eigenvalue weighted by molar-refractivity contribution is 0.423. The second kappa shape index (κ2) is 8.15. The molecular weight excluding hydrogens is 444 g/mol. The van der Waals surface area contributed by atoms with Crippen LogP contribution in [0.15, 0.2) is 95.8 Å². The highest BCUT2D eigenvalue weighted by Crippen LogP contribution is 2.49. The van der Waals surface area contributed by atoms with Gasteiger partial charge in [0.25, 0.3) is 5.56 Å². The van der Waals surface area contributed by atoms with E-state index in [1.54, 1.807) is 4.57 Å². The molecule has 0 saturated carbocycles. The van der Waals surface area contributed by atoms with E-state index in [1.165, 1.54) is 0 Å². The standard InChI is InChI=1S/C29H21ClN2O2/c1-18-31-28-27(29(33)32(18)17-19-9-3-2-4-10-19)26(22-13-7-8-14-23(22)30)25-21-12-6-5-11-20(21)15-16-24(25)34-28/h2-16,26H,17H2,1H3. The molecule has 4 aromatic carbocycles. The monoisotopic (exact) mass is 464 g/mol. The predicted molar refractivity (Wildman–Crippen MR) is 135 cm³/mol. The number of fused-ring (bicyclic) bond motifs is 4. The zero-order chi connectivity index (χ0) is 23.2. The molecule has 0 fully saturated rings. The van der Waals surface area contributed by atoms with Crippen molar-refractivity contribution in [2.75, 3.05) is 0 Å². The topological polar surface area (TPSA) is 44.1 Å². The number of hydrogen-bond donors (Lipinski definition) is 0. The highest BCUT2D eigenvalue weighted by atomic mass is 35.5. The second-order valence-corrected chi connectivity index (χ2v) is 8.92. The van der Waals surface area contributed by atoms with Crippen LogP contribution in [-0.4, -0.2) is 9.55 Å². The Labute approximate surface area is 202 Å². The number of halogens is 1. The first kappa shape index (κ1) is 20.7. The minimum Gasteiger partial charge on any atom is -0.438 e. The van der Waals surface area contributed by atoms with Crippen LogP contribution in [0.1, 0.15) is 34.0 Å². The quantitative estimate of drug-likeness (QED) is 0.293. The Bertz CT molecular complexity index is 1610. The van der Waals surface area contributed by atoms with Crippen LogP contribution in [0.3, 0.4) is 0 Å². The van der Waals surface area contributed by atoms with Gasteiger partial charge in [0, 0.05) is 10.6 Å². The van der Waals surface area contributed by atoms with Crippen molar-refractivity contribution in [3.63, 3.8) is 0 Å². The molecule has 5 heteroatoms. The van der Waals surface area contributed by atoms with Crippen LogP contribution in [0, 0.1) is 6.92 Å². The predicted octanol–water partition coefficient (Wildman–Crippen LogP) is 6.69. The smallest absolute Gasteiger partial charge is 0.261 e. The molecule has 1 aromatic heterocycles. The molecule has 0 N–H and O–H groups in total. The van der Waals surface area contributed by atoms with Gasteiger partial charge in [-0.25, -0.2) is 0 Å². The summed E-state index contributed by atoms with van der Waals surface area (Å²) >= 11 is 6.72. The lowest BCUT2D eigenvalue weighted by Gasteiger charge is -2.30. The van der Waals surface area contributed by atoms with Crippen LogP contribution >= 0.6 is 11.6 Å². The van der Waals surface area contributed by atoms with E-state index in [2.05, 4.69) is 12.1 Å². The van der Waals surface area contributed by atoms with Crippen LogP contribution in [-0.2, 0) is 6.54 Å². The van der Waals surface area contributed by atoms with Gasteiger partial charge in [0.2, 0.25) is 5.88 Å². The summed E-state index contributed by atoms with van der Waals surface area (Å²) in [5, 5.41) is 2.72. The van der Waals surface area contributed by atoms with Gasteiger partial charge in [0.1, 0.15) is 11.6 Å². The number of benzene rings is 4. The number of nitrogens with zero attached hydrogens (tertiary/aromatic N) is 2. The van der Waals surface area contributed by atoms with Gasteiger partial charge in [-0.05, 0) is 41.0 Å². The molecule has 1 aliphatic heterocycles. The third-order valence-corrected chi connectivity index (χ3v) is 6.82. The first-order valence-electron chi connectivity index (χ1n) is 11.2. The van der Waals surface area contributed by atoms with Gasteiger partial charge in [-0.15, -0.1) is 0 Å². The van der Waals surface area contributed by atoms with Gasteiger partial charge >= 0.3 is 0 Å². The molecule has 6 rings (SSSR count). The Morgan fingerprint density at radius 2 is 1.62 bits per heavy atom. The SMILES string of the molecule is Cc1nc2c(c(=O)n1Cc1ccccc1)C(c1ccccc1Cl)c1c(ccc3ccccc13)O2. The van der Waals surface area contributed by atoms with Crippen molar-refractivity contribution in [1.29, 1.82) is 0 Å². The van der Waals surface area contributed by atoms with E-state index in [9.17, 15) is 4.79 Å². The Balaban J connectivity index is 1.66. The summed E-state index contributed by atoms with van der Waals surface area (Å²) in [5.74, 6) is 1.25. The third-order valence-electron chi connectivity index (χ3n) is 6.47. The van der Waals surface area contributed by atoms with Crippen molar-refractivity contribution in [2.45, 2.75) is 19.4 Å². The molecule has 34 heavy (non-hydrogen) atoms. The first-order chi connectivity index (χ1) is 16.6. The Kier molecular flexibility index (Phi) is 4.96. The minimum absolute atomic E-state index is 0.116. The summed E-state index contributed by atoms with van der Waals surface area (Å²) in [5.41, 5.74) is 3.23. The molecule has 1 unspecified atom stereocenters. The maximum atomic E-state index is 14.1. The molecule has 0 radical (unpaired) electrons. The molecule has 0 aliphatic carbocycles. The number of aryl methyl sites for hydroxylation is 1. The number of ether oxygens (including phenoxy) is 1. The number of hydrogen-bond acceptors (Lipinski definition) is 3. The van der Waals surface area contributed by atoms with Crippen molar-refractivity contribution < 1.29 is 4.74 Å². The van der Waals surface area contributed by atoms with E-state index < -0.39 is 5.92 Å². The zero-order valence-electron chi connectivity index (χ0n) is 18.5. The Hall–Kier alpha value is -3.89. The fraction of sp³-hybridized carbons (Fsp3) is 0.103. The Morgan fingerprint density at radius 1 is 0.882 bits per heavy atom. The average molecular weight is 465 g/mol. The zero-order valence-corrected chi connectivity index (χ0v) is 19.3. The summed E-state index contributed by atoms with van der Waals surface area (Å²) in [6.07, 6.45) is 0. The molecule has 0 amide bonds. The summed E-state index contributed by atoms with van der Waals surface area (Å²) in [7, 11) is 0. The van der Waals surface area contributed by atoms with Crippen molar-refractivity contribution >= 4 is 22.4 Å². The van der Waals surface area contributed by atoms with Gasteiger partial charge in [-0.1, -0.05) is 90.5 Å². The fourth-order valence-corrected chi connectivity index (χ4v) is 5.10. The summed E-state index contributed by atoms with van der Waals surface area (Å²) in [6.45, 7) is 2.28. The molecular formula is C29H21ClN2O2. The highest BCUT2D eigenvalue weighted by Gasteiger charge is 2.36.